The van der Waals surface area contributed by atoms with Crippen LogP contribution in [0.2, 0.25) is 5.15 Å². The summed E-state index contributed by atoms with van der Waals surface area (Å²) in [7, 11) is 0. The minimum absolute atomic E-state index is 0.349. The Kier molecular flexibility index (Phi) is 2.65. The maximum atomic E-state index is 5.89. The average Bonchev–Trinajstić information content (AvgIpc) is 2.75. The Hall–Kier alpha value is -0.930. The van der Waals surface area contributed by atoms with Gasteiger partial charge in [0, 0.05) is 11.6 Å². The number of hydrogen-bond acceptors (Lipinski definition) is 3. The fourth-order valence-corrected chi connectivity index (χ4v) is 3.37. The Balaban J connectivity index is 2.04. The molecule has 0 aromatic carbocycles. The minimum Gasteiger partial charge on any atom is -0.260 e. The fourth-order valence-electron chi connectivity index (χ4n) is 2.28. The Morgan fingerprint density at radius 2 is 2.38 bits per heavy atom. The van der Waals surface area contributed by atoms with Crippen molar-refractivity contribution in [2.75, 3.05) is 0 Å². The van der Waals surface area contributed by atoms with Crippen molar-refractivity contribution in [2.45, 2.75) is 25.2 Å². The van der Waals surface area contributed by atoms with Gasteiger partial charge in [0.05, 0.1) is 11.6 Å². The summed E-state index contributed by atoms with van der Waals surface area (Å²) in [6.45, 7) is 0. The summed E-state index contributed by atoms with van der Waals surface area (Å²) >= 11 is 7.52. The number of rotatable bonds is 1. The molecular weight excluding hydrogens is 240 g/mol. The zero-order chi connectivity index (χ0) is 11.0. The first-order valence-electron chi connectivity index (χ1n) is 5.39. The number of fused-ring (bicyclic) bond motifs is 1. The molecule has 1 atom stereocenters. The molecule has 2 heterocycles. The highest BCUT2D eigenvalue weighted by molar-refractivity contribution is 7.10. The normalized spacial score (nSPS) is 19.4. The summed E-state index contributed by atoms with van der Waals surface area (Å²) in [5.41, 5.74) is 2.56. The van der Waals surface area contributed by atoms with Crippen molar-refractivity contribution in [1.29, 1.82) is 0 Å². The van der Waals surface area contributed by atoms with Crippen LogP contribution in [0, 0.1) is 0 Å². The summed E-state index contributed by atoms with van der Waals surface area (Å²) in [6, 6.07) is 4.18. The lowest BCUT2D eigenvalue weighted by Gasteiger charge is -2.22. The first kappa shape index (κ1) is 10.2. The van der Waals surface area contributed by atoms with Crippen LogP contribution in [-0.4, -0.2) is 9.97 Å². The molecule has 3 rings (SSSR count). The van der Waals surface area contributed by atoms with Gasteiger partial charge in [0.1, 0.15) is 10.2 Å². The lowest BCUT2D eigenvalue weighted by Crippen LogP contribution is -2.12. The number of aryl methyl sites for hydroxylation is 1. The number of hydrogen-bond donors (Lipinski definition) is 0. The number of halogens is 1. The van der Waals surface area contributed by atoms with Gasteiger partial charge in [0.15, 0.2) is 0 Å². The van der Waals surface area contributed by atoms with Gasteiger partial charge in [-0.1, -0.05) is 17.7 Å². The van der Waals surface area contributed by atoms with Crippen molar-refractivity contribution in [3.63, 3.8) is 0 Å². The second-order valence-corrected chi connectivity index (χ2v) is 5.28. The minimum atomic E-state index is 0.349. The van der Waals surface area contributed by atoms with Gasteiger partial charge in [-0.25, -0.2) is 4.98 Å². The Morgan fingerprint density at radius 1 is 1.44 bits per heavy atom. The van der Waals surface area contributed by atoms with Crippen molar-refractivity contribution >= 4 is 22.9 Å². The molecule has 0 amide bonds. The van der Waals surface area contributed by atoms with E-state index in [1.54, 1.807) is 11.3 Å². The smallest absolute Gasteiger partial charge is 0.140 e. The van der Waals surface area contributed by atoms with Crippen LogP contribution in [0.4, 0.5) is 0 Å². The first-order valence-corrected chi connectivity index (χ1v) is 6.65. The summed E-state index contributed by atoms with van der Waals surface area (Å²) in [5, 5.41) is 3.60. The van der Waals surface area contributed by atoms with Gasteiger partial charge in [-0.05, 0) is 30.9 Å². The van der Waals surface area contributed by atoms with E-state index in [0.717, 1.165) is 17.8 Å². The van der Waals surface area contributed by atoms with Gasteiger partial charge >= 0.3 is 0 Å². The lowest BCUT2D eigenvalue weighted by atomic mass is 9.87. The van der Waals surface area contributed by atoms with Crippen molar-refractivity contribution in [3.05, 3.63) is 45.1 Å². The van der Waals surface area contributed by atoms with Gasteiger partial charge in [0.25, 0.3) is 0 Å². The summed E-state index contributed by atoms with van der Waals surface area (Å²) in [4.78, 5) is 8.89. The second-order valence-electron chi connectivity index (χ2n) is 4.00. The fraction of sp³-hybridized carbons (Fsp3) is 0.333. The summed E-state index contributed by atoms with van der Waals surface area (Å²) in [6.07, 6.45) is 5.35. The van der Waals surface area contributed by atoms with E-state index in [1.165, 1.54) is 17.7 Å². The van der Waals surface area contributed by atoms with E-state index in [9.17, 15) is 0 Å². The van der Waals surface area contributed by atoms with Crippen molar-refractivity contribution in [2.24, 2.45) is 0 Å². The number of aromatic nitrogens is 2. The second kappa shape index (κ2) is 4.15. The molecular formula is C12H11ClN2S. The molecule has 82 valence electrons. The molecule has 4 heteroatoms. The molecule has 0 radical (unpaired) electrons. The van der Waals surface area contributed by atoms with Crippen LogP contribution >= 0.6 is 22.9 Å². The molecule has 0 bridgehead atoms. The Bertz CT molecular complexity index is 509. The number of nitrogens with zero attached hydrogens (tertiary/aromatic N) is 2. The van der Waals surface area contributed by atoms with E-state index in [1.807, 2.05) is 17.6 Å². The third-order valence-electron chi connectivity index (χ3n) is 2.99. The molecule has 0 fully saturated rings. The molecule has 2 aromatic rings. The zero-order valence-corrected chi connectivity index (χ0v) is 10.3. The largest absolute Gasteiger partial charge is 0.260 e. The summed E-state index contributed by atoms with van der Waals surface area (Å²) < 4.78 is 0. The highest BCUT2D eigenvalue weighted by Crippen LogP contribution is 2.36. The SMILES string of the molecule is Clc1csc(C2CCCc3cccnc32)n1. The molecule has 1 unspecified atom stereocenters. The molecule has 16 heavy (non-hydrogen) atoms. The molecule has 0 saturated heterocycles. The van der Waals surface area contributed by atoms with Gasteiger partial charge in [0.2, 0.25) is 0 Å². The third kappa shape index (κ3) is 1.74. The standard InChI is InChI=1S/C12H11ClN2S/c13-10-7-16-12(15-10)9-5-1-3-8-4-2-6-14-11(8)9/h2,4,6-7,9H,1,3,5H2. The Morgan fingerprint density at radius 3 is 3.19 bits per heavy atom. The predicted octanol–water partition coefficient (Wildman–Crippen LogP) is 3.66. The Labute approximate surface area is 103 Å². The highest BCUT2D eigenvalue weighted by Gasteiger charge is 2.25. The van der Waals surface area contributed by atoms with Crippen molar-refractivity contribution < 1.29 is 0 Å². The molecule has 2 nitrogen and oxygen atoms in total. The average molecular weight is 251 g/mol. The topological polar surface area (TPSA) is 25.8 Å². The molecule has 2 aromatic heterocycles. The monoisotopic (exact) mass is 250 g/mol. The van der Waals surface area contributed by atoms with Gasteiger partial charge in [-0.3, -0.25) is 4.98 Å². The van der Waals surface area contributed by atoms with E-state index in [2.05, 4.69) is 16.0 Å². The van der Waals surface area contributed by atoms with Crippen LogP contribution in [0.3, 0.4) is 0 Å². The van der Waals surface area contributed by atoms with Crippen molar-refractivity contribution in [3.8, 4) is 0 Å². The van der Waals surface area contributed by atoms with Crippen LogP contribution in [-0.2, 0) is 6.42 Å². The van der Waals surface area contributed by atoms with Crippen LogP contribution in [0.25, 0.3) is 0 Å². The molecule has 0 spiro atoms. The van der Waals surface area contributed by atoms with Gasteiger partial charge in [-0.2, -0.15) is 0 Å². The highest BCUT2D eigenvalue weighted by atomic mass is 35.5. The van der Waals surface area contributed by atoms with E-state index < -0.39 is 0 Å². The molecule has 0 aliphatic heterocycles. The molecule has 0 N–H and O–H groups in total. The van der Waals surface area contributed by atoms with E-state index in [4.69, 9.17) is 11.6 Å². The summed E-state index contributed by atoms with van der Waals surface area (Å²) in [5.74, 6) is 0.349. The van der Waals surface area contributed by atoms with Gasteiger partial charge < -0.3 is 0 Å². The van der Waals surface area contributed by atoms with E-state index in [0.29, 0.717) is 11.1 Å². The zero-order valence-electron chi connectivity index (χ0n) is 8.69. The lowest BCUT2D eigenvalue weighted by molar-refractivity contribution is 0.596. The van der Waals surface area contributed by atoms with Crippen LogP contribution < -0.4 is 0 Å². The van der Waals surface area contributed by atoms with Crippen LogP contribution in [0.15, 0.2) is 23.7 Å². The maximum absolute atomic E-state index is 5.89. The quantitative estimate of drug-likeness (QED) is 0.772. The van der Waals surface area contributed by atoms with Gasteiger partial charge in [-0.15, -0.1) is 11.3 Å². The third-order valence-corrected chi connectivity index (χ3v) is 4.27. The molecule has 0 saturated carbocycles. The first-order chi connectivity index (χ1) is 7.84. The predicted molar refractivity (Wildman–Crippen MR) is 66.1 cm³/mol. The number of pyridine rings is 1. The maximum Gasteiger partial charge on any atom is 0.140 e. The van der Waals surface area contributed by atoms with E-state index >= 15 is 0 Å². The van der Waals surface area contributed by atoms with Crippen LogP contribution in [0.1, 0.15) is 35.0 Å². The van der Waals surface area contributed by atoms with Crippen LogP contribution in [0.5, 0.6) is 0 Å². The van der Waals surface area contributed by atoms with E-state index in [-0.39, 0.29) is 0 Å². The molecule has 1 aliphatic carbocycles. The number of thiazole rings is 1. The van der Waals surface area contributed by atoms with Crippen molar-refractivity contribution in [1.82, 2.24) is 9.97 Å². The molecule has 1 aliphatic rings.